The van der Waals surface area contributed by atoms with E-state index in [1.807, 2.05) is 0 Å². The molecule has 1 heterocycles. The highest BCUT2D eigenvalue weighted by atomic mass is 19.4. The van der Waals surface area contributed by atoms with E-state index in [1.54, 1.807) is 0 Å². The van der Waals surface area contributed by atoms with Gasteiger partial charge in [-0.2, -0.15) is 13.2 Å². The zero-order valence-electron chi connectivity index (χ0n) is 13.3. The fourth-order valence-corrected chi connectivity index (χ4v) is 2.85. The number of nitrogens with zero attached hydrogens (tertiary/aromatic N) is 1. The molecule has 2 N–H and O–H groups in total. The SMILES string of the molecule is CN1C(=O)C[C@H](C(=O)NCCC(=O)O)[C@@H]1c1ccc(C(F)(F)F)cc1. The molecule has 0 bridgehead atoms. The van der Waals surface area contributed by atoms with E-state index in [1.165, 1.54) is 24.1 Å². The standard InChI is InChI=1S/C16H17F3N2O4/c1-21-12(22)8-11(15(25)20-7-6-13(23)24)14(21)9-2-4-10(5-3-9)16(17,18)19/h2-5,11,14H,6-8H2,1H3,(H,20,25)(H,23,24)/t11-,14-/m0/s1. The lowest BCUT2D eigenvalue weighted by Crippen LogP contribution is -2.35. The van der Waals surface area contributed by atoms with Crippen molar-refractivity contribution in [3.63, 3.8) is 0 Å². The molecule has 1 aliphatic heterocycles. The second-order valence-corrected chi connectivity index (χ2v) is 5.81. The predicted octanol–water partition coefficient (Wildman–Crippen LogP) is 1.82. The van der Waals surface area contributed by atoms with Crippen molar-refractivity contribution in [2.75, 3.05) is 13.6 Å². The number of carboxylic acids is 1. The number of carbonyl (C=O) groups excluding carboxylic acids is 2. The number of benzene rings is 1. The number of alkyl halides is 3. The molecule has 9 heteroatoms. The summed E-state index contributed by atoms with van der Waals surface area (Å²) < 4.78 is 38.0. The molecule has 1 fully saturated rings. The summed E-state index contributed by atoms with van der Waals surface area (Å²) in [4.78, 5) is 36.0. The Morgan fingerprint density at radius 3 is 2.40 bits per heavy atom. The molecule has 1 aromatic rings. The molecule has 0 radical (unpaired) electrons. The van der Waals surface area contributed by atoms with Crippen molar-refractivity contribution in [1.82, 2.24) is 10.2 Å². The fourth-order valence-electron chi connectivity index (χ4n) is 2.85. The molecular weight excluding hydrogens is 341 g/mol. The molecule has 2 amide bonds. The third-order valence-electron chi connectivity index (χ3n) is 4.14. The van der Waals surface area contributed by atoms with Crippen LogP contribution >= 0.6 is 0 Å². The van der Waals surface area contributed by atoms with Gasteiger partial charge in [0.05, 0.1) is 23.9 Å². The van der Waals surface area contributed by atoms with Crippen molar-refractivity contribution in [3.8, 4) is 0 Å². The van der Waals surface area contributed by atoms with Crippen LogP contribution in [0.25, 0.3) is 0 Å². The van der Waals surface area contributed by atoms with Crippen molar-refractivity contribution < 1.29 is 32.7 Å². The Bertz CT molecular complexity index is 673. The van der Waals surface area contributed by atoms with E-state index in [2.05, 4.69) is 5.32 Å². The zero-order valence-corrected chi connectivity index (χ0v) is 13.3. The van der Waals surface area contributed by atoms with Crippen LogP contribution in [-0.4, -0.2) is 41.4 Å². The van der Waals surface area contributed by atoms with Crippen LogP contribution in [0.5, 0.6) is 0 Å². The predicted molar refractivity (Wildman–Crippen MR) is 80.3 cm³/mol. The van der Waals surface area contributed by atoms with E-state index in [0.29, 0.717) is 5.56 Å². The van der Waals surface area contributed by atoms with Gasteiger partial charge in [-0.25, -0.2) is 0 Å². The van der Waals surface area contributed by atoms with Gasteiger partial charge in [-0.3, -0.25) is 14.4 Å². The number of carboxylic acid groups (broad SMARTS) is 1. The Morgan fingerprint density at radius 1 is 1.28 bits per heavy atom. The lowest BCUT2D eigenvalue weighted by molar-refractivity contribution is -0.138. The molecule has 0 saturated carbocycles. The van der Waals surface area contributed by atoms with Crippen molar-refractivity contribution in [1.29, 1.82) is 0 Å². The average Bonchev–Trinajstić information content (AvgIpc) is 2.82. The minimum atomic E-state index is -4.47. The number of halogens is 3. The highest BCUT2D eigenvalue weighted by molar-refractivity contribution is 5.90. The number of amides is 2. The van der Waals surface area contributed by atoms with Crippen molar-refractivity contribution in [3.05, 3.63) is 35.4 Å². The maximum absolute atomic E-state index is 12.7. The quantitative estimate of drug-likeness (QED) is 0.841. The van der Waals surface area contributed by atoms with Crippen LogP contribution < -0.4 is 5.32 Å². The summed E-state index contributed by atoms with van der Waals surface area (Å²) in [5.74, 6) is -2.66. The summed E-state index contributed by atoms with van der Waals surface area (Å²) in [5.41, 5.74) is -0.398. The first-order valence-electron chi connectivity index (χ1n) is 7.53. The molecule has 1 aromatic carbocycles. The van der Waals surface area contributed by atoms with Gasteiger partial charge in [-0.1, -0.05) is 12.1 Å². The summed E-state index contributed by atoms with van der Waals surface area (Å²) >= 11 is 0. The monoisotopic (exact) mass is 358 g/mol. The largest absolute Gasteiger partial charge is 0.481 e. The van der Waals surface area contributed by atoms with E-state index in [4.69, 9.17) is 5.11 Å². The van der Waals surface area contributed by atoms with Crippen LogP contribution in [0.2, 0.25) is 0 Å². The van der Waals surface area contributed by atoms with Crippen LogP contribution in [0.1, 0.15) is 30.0 Å². The van der Waals surface area contributed by atoms with E-state index >= 15 is 0 Å². The first kappa shape index (κ1) is 18.8. The van der Waals surface area contributed by atoms with Gasteiger partial charge in [0.15, 0.2) is 0 Å². The maximum atomic E-state index is 12.7. The highest BCUT2D eigenvalue weighted by Gasteiger charge is 2.42. The smallest absolute Gasteiger partial charge is 0.416 e. The molecule has 0 aliphatic carbocycles. The second kappa shape index (κ2) is 7.12. The Balaban J connectivity index is 2.19. The van der Waals surface area contributed by atoms with Gasteiger partial charge in [0.25, 0.3) is 0 Å². The lowest BCUT2D eigenvalue weighted by atomic mass is 9.92. The number of nitrogens with one attached hydrogen (secondary N) is 1. The molecule has 25 heavy (non-hydrogen) atoms. The van der Waals surface area contributed by atoms with E-state index in [9.17, 15) is 27.6 Å². The molecule has 0 unspecified atom stereocenters. The summed E-state index contributed by atoms with van der Waals surface area (Å²) in [6.07, 6.45) is -4.81. The van der Waals surface area contributed by atoms with Crippen molar-refractivity contribution in [2.24, 2.45) is 5.92 Å². The Labute approximate surface area is 141 Å². The third-order valence-corrected chi connectivity index (χ3v) is 4.14. The molecule has 0 aromatic heterocycles. The molecule has 1 saturated heterocycles. The third kappa shape index (κ3) is 4.28. The lowest BCUT2D eigenvalue weighted by Gasteiger charge is -2.25. The number of hydrogen-bond acceptors (Lipinski definition) is 3. The Hall–Kier alpha value is -2.58. The van der Waals surface area contributed by atoms with E-state index in [0.717, 1.165) is 12.1 Å². The maximum Gasteiger partial charge on any atom is 0.416 e. The van der Waals surface area contributed by atoms with Crippen LogP contribution in [-0.2, 0) is 20.6 Å². The van der Waals surface area contributed by atoms with E-state index < -0.39 is 35.6 Å². The Morgan fingerprint density at radius 2 is 1.88 bits per heavy atom. The molecule has 2 rings (SSSR count). The number of rotatable bonds is 5. The molecule has 6 nitrogen and oxygen atoms in total. The van der Waals surface area contributed by atoms with Crippen molar-refractivity contribution in [2.45, 2.75) is 25.1 Å². The first-order valence-corrected chi connectivity index (χ1v) is 7.53. The van der Waals surface area contributed by atoms with Gasteiger partial charge in [-0.15, -0.1) is 0 Å². The van der Waals surface area contributed by atoms with Gasteiger partial charge in [0.1, 0.15) is 0 Å². The minimum Gasteiger partial charge on any atom is -0.481 e. The molecular formula is C16H17F3N2O4. The molecule has 0 spiro atoms. The molecule has 2 atom stereocenters. The van der Waals surface area contributed by atoms with Crippen LogP contribution in [0.15, 0.2) is 24.3 Å². The number of likely N-dealkylation sites (tertiary alicyclic amines) is 1. The number of hydrogen-bond donors (Lipinski definition) is 2. The first-order chi connectivity index (χ1) is 11.6. The van der Waals surface area contributed by atoms with Gasteiger partial charge in [0.2, 0.25) is 11.8 Å². The number of carbonyl (C=O) groups is 3. The van der Waals surface area contributed by atoms with E-state index in [-0.39, 0.29) is 25.3 Å². The van der Waals surface area contributed by atoms with Crippen molar-refractivity contribution >= 4 is 17.8 Å². The van der Waals surface area contributed by atoms with Gasteiger partial charge >= 0.3 is 12.1 Å². The molecule has 1 aliphatic rings. The normalized spacial score (nSPS) is 20.6. The zero-order chi connectivity index (χ0) is 18.8. The van der Waals surface area contributed by atoms with Gasteiger partial charge < -0.3 is 15.3 Å². The van der Waals surface area contributed by atoms with Gasteiger partial charge in [0, 0.05) is 20.0 Å². The van der Waals surface area contributed by atoms with Crippen LogP contribution in [0.3, 0.4) is 0 Å². The topological polar surface area (TPSA) is 86.7 Å². The average molecular weight is 358 g/mol. The van der Waals surface area contributed by atoms with Crippen LogP contribution in [0.4, 0.5) is 13.2 Å². The second-order valence-electron chi connectivity index (χ2n) is 5.81. The highest BCUT2D eigenvalue weighted by Crippen LogP contribution is 2.38. The van der Waals surface area contributed by atoms with Crippen LogP contribution in [0, 0.1) is 5.92 Å². The minimum absolute atomic E-state index is 0.0810. The Kier molecular flexibility index (Phi) is 5.34. The fraction of sp³-hybridized carbons (Fsp3) is 0.438. The summed E-state index contributed by atoms with van der Waals surface area (Å²) in [7, 11) is 1.48. The summed E-state index contributed by atoms with van der Waals surface area (Å²) in [6, 6.07) is 3.62. The molecule has 136 valence electrons. The number of aliphatic carboxylic acids is 1. The summed E-state index contributed by atoms with van der Waals surface area (Å²) in [5, 5.41) is 11.0. The van der Waals surface area contributed by atoms with Gasteiger partial charge in [-0.05, 0) is 17.7 Å². The summed E-state index contributed by atoms with van der Waals surface area (Å²) in [6.45, 7) is -0.0810.